The second kappa shape index (κ2) is 6.54. The van der Waals surface area contributed by atoms with Gasteiger partial charge >= 0.3 is 0 Å². The van der Waals surface area contributed by atoms with E-state index in [1.165, 1.54) is 11.0 Å². The number of para-hydroxylation sites is 1. The first-order valence-electron chi connectivity index (χ1n) is 7.01. The summed E-state index contributed by atoms with van der Waals surface area (Å²) in [5.41, 5.74) is 2.56. The molecule has 0 aliphatic carbocycles. The number of hydrogen-bond acceptors (Lipinski definition) is 4. The van der Waals surface area contributed by atoms with Gasteiger partial charge in [0.25, 0.3) is 5.91 Å². The summed E-state index contributed by atoms with van der Waals surface area (Å²) < 4.78 is 0. The van der Waals surface area contributed by atoms with E-state index in [0.29, 0.717) is 12.1 Å². The topological polar surface area (TPSA) is 83.6 Å². The number of nitriles is 1. The highest BCUT2D eigenvalue weighted by Crippen LogP contribution is 2.11. The van der Waals surface area contributed by atoms with Crippen molar-refractivity contribution in [1.29, 1.82) is 5.26 Å². The molecule has 6 nitrogen and oxygen atoms in total. The zero-order valence-electron chi connectivity index (χ0n) is 12.2. The average molecular weight is 303 g/mol. The van der Waals surface area contributed by atoms with Crippen molar-refractivity contribution in [3.8, 4) is 11.8 Å². The number of nitrogens with zero attached hydrogens (tertiary/aromatic N) is 4. The molecule has 2 aromatic carbocycles. The van der Waals surface area contributed by atoms with Crippen LogP contribution in [0.15, 0.2) is 60.8 Å². The fourth-order valence-corrected chi connectivity index (χ4v) is 2.05. The van der Waals surface area contributed by atoms with Crippen molar-refractivity contribution in [2.24, 2.45) is 0 Å². The van der Waals surface area contributed by atoms with Crippen LogP contribution >= 0.6 is 0 Å². The summed E-state index contributed by atoms with van der Waals surface area (Å²) in [4.78, 5) is 13.6. The van der Waals surface area contributed by atoms with E-state index >= 15 is 0 Å². The molecule has 23 heavy (non-hydrogen) atoms. The van der Waals surface area contributed by atoms with Crippen LogP contribution in [0.4, 0.5) is 5.69 Å². The summed E-state index contributed by atoms with van der Waals surface area (Å²) >= 11 is 0. The summed E-state index contributed by atoms with van der Waals surface area (Å²) in [7, 11) is 0. The highest BCUT2D eigenvalue weighted by Gasteiger charge is 2.11. The normalized spacial score (nSPS) is 10.0. The number of carbonyl (C=O) groups is 1. The maximum atomic E-state index is 12.2. The zero-order valence-corrected chi connectivity index (χ0v) is 12.2. The first-order valence-corrected chi connectivity index (χ1v) is 7.01. The molecule has 0 radical (unpaired) electrons. The molecule has 0 saturated carbocycles. The minimum atomic E-state index is -0.333. The van der Waals surface area contributed by atoms with E-state index in [-0.39, 0.29) is 11.6 Å². The molecule has 1 heterocycles. The van der Waals surface area contributed by atoms with E-state index in [0.717, 1.165) is 11.3 Å². The van der Waals surface area contributed by atoms with Crippen molar-refractivity contribution < 1.29 is 4.79 Å². The number of aromatic nitrogens is 3. The molecule has 0 bridgehead atoms. The molecule has 1 N–H and O–H groups in total. The second-order valence-electron chi connectivity index (χ2n) is 4.84. The fraction of sp³-hybridized carbons (Fsp3) is 0.0588. The van der Waals surface area contributed by atoms with E-state index in [2.05, 4.69) is 21.6 Å². The average Bonchev–Trinajstić information content (AvgIpc) is 3.08. The van der Waals surface area contributed by atoms with Crippen molar-refractivity contribution in [2.75, 3.05) is 5.32 Å². The number of amides is 1. The predicted molar refractivity (Wildman–Crippen MR) is 85.1 cm³/mol. The quantitative estimate of drug-likeness (QED) is 0.803. The molecule has 0 spiro atoms. The lowest BCUT2D eigenvalue weighted by Gasteiger charge is -2.03. The Morgan fingerprint density at radius 1 is 1.13 bits per heavy atom. The van der Waals surface area contributed by atoms with Crippen LogP contribution in [0.3, 0.4) is 0 Å². The predicted octanol–water partition coefficient (Wildman–Crippen LogP) is 2.59. The fourth-order valence-electron chi connectivity index (χ4n) is 2.05. The molecule has 0 aliphatic heterocycles. The van der Waals surface area contributed by atoms with Gasteiger partial charge in [-0.2, -0.15) is 15.2 Å². The molecule has 0 atom stereocenters. The number of anilines is 1. The molecular weight excluding hydrogens is 290 g/mol. The molecule has 6 heteroatoms. The molecule has 0 aliphatic rings. The van der Waals surface area contributed by atoms with Gasteiger partial charge in [-0.1, -0.05) is 30.3 Å². The molecule has 1 aromatic heterocycles. The van der Waals surface area contributed by atoms with Gasteiger partial charge in [-0.15, -0.1) is 5.10 Å². The van der Waals surface area contributed by atoms with Gasteiger partial charge in [0.05, 0.1) is 24.4 Å². The second-order valence-corrected chi connectivity index (χ2v) is 4.84. The summed E-state index contributed by atoms with van der Waals surface area (Å²) in [6.45, 7) is 0. The largest absolute Gasteiger partial charge is 0.321 e. The van der Waals surface area contributed by atoms with Crippen molar-refractivity contribution in [2.45, 2.75) is 6.42 Å². The third-order valence-corrected chi connectivity index (χ3v) is 3.21. The molecule has 0 saturated heterocycles. The molecule has 3 aromatic rings. The number of carbonyl (C=O) groups excluding carboxylic acids is 1. The minimum absolute atomic E-state index is 0.231. The van der Waals surface area contributed by atoms with Crippen LogP contribution in [-0.4, -0.2) is 20.9 Å². The monoisotopic (exact) mass is 303 g/mol. The Balaban J connectivity index is 1.71. The summed E-state index contributed by atoms with van der Waals surface area (Å²) in [6.07, 6.45) is 1.77. The number of nitrogens with one attached hydrogen (secondary N) is 1. The SMILES string of the molecule is N#CCc1ccc(NC(=O)c2cnn(-c3ccccc3)n2)cc1. The standard InChI is InChI=1S/C17H13N5O/c18-11-10-13-6-8-14(9-7-13)20-17(23)16-12-19-22(21-16)15-4-2-1-3-5-15/h1-9,12H,10H2,(H,20,23). The Morgan fingerprint density at radius 2 is 1.87 bits per heavy atom. The smallest absolute Gasteiger partial charge is 0.277 e. The lowest BCUT2D eigenvalue weighted by Crippen LogP contribution is -2.13. The van der Waals surface area contributed by atoms with Crippen LogP contribution in [0.25, 0.3) is 5.69 Å². The maximum absolute atomic E-state index is 12.2. The first-order chi connectivity index (χ1) is 11.3. The van der Waals surface area contributed by atoms with E-state index in [1.807, 2.05) is 30.3 Å². The lowest BCUT2D eigenvalue weighted by atomic mass is 10.1. The van der Waals surface area contributed by atoms with Crippen molar-refractivity contribution >= 4 is 11.6 Å². The van der Waals surface area contributed by atoms with E-state index in [4.69, 9.17) is 5.26 Å². The maximum Gasteiger partial charge on any atom is 0.277 e. The number of benzene rings is 2. The Bertz CT molecular complexity index is 847. The first kappa shape index (κ1) is 14.5. The summed E-state index contributed by atoms with van der Waals surface area (Å²) in [5, 5.41) is 19.7. The van der Waals surface area contributed by atoms with Gasteiger partial charge in [-0.25, -0.2) is 0 Å². The van der Waals surface area contributed by atoms with Gasteiger partial charge in [0.1, 0.15) is 0 Å². The number of hydrogen-bond donors (Lipinski definition) is 1. The Morgan fingerprint density at radius 3 is 2.57 bits per heavy atom. The van der Waals surface area contributed by atoms with Crippen LogP contribution in [-0.2, 0) is 6.42 Å². The minimum Gasteiger partial charge on any atom is -0.321 e. The van der Waals surface area contributed by atoms with Gasteiger partial charge in [-0.3, -0.25) is 4.79 Å². The van der Waals surface area contributed by atoms with Crippen molar-refractivity contribution in [3.05, 3.63) is 72.1 Å². The Kier molecular flexibility index (Phi) is 4.11. The zero-order chi connectivity index (χ0) is 16.1. The number of rotatable bonds is 4. The highest BCUT2D eigenvalue weighted by molar-refractivity contribution is 6.02. The van der Waals surface area contributed by atoms with Gasteiger partial charge in [0.15, 0.2) is 5.69 Å². The lowest BCUT2D eigenvalue weighted by molar-refractivity contribution is 0.102. The highest BCUT2D eigenvalue weighted by atomic mass is 16.2. The van der Waals surface area contributed by atoms with Crippen LogP contribution in [0.1, 0.15) is 16.1 Å². The third kappa shape index (κ3) is 3.41. The summed E-state index contributed by atoms with van der Waals surface area (Å²) in [6, 6.07) is 18.6. The van der Waals surface area contributed by atoms with Gasteiger partial charge in [-0.05, 0) is 29.8 Å². The summed E-state index contributed by atoms with van der Waals surface area (Å²) in [5.74, 6) is -0.333. The van der Waals surface area contributed by atoms with Gasteiger partial charge in [0.2, 0.25) is 0 Å². The third-order valence-electron chi connectivity index (χ3n) is 3.21. The van der Waals surface area contributed by atoms with Crippen LogP contribution in [0.2, 0.25) is 0 Å². The van der Waals surface area contributed by atoms with Gasteiger partial charge < -0.3 is 5.32 Å². The van der Waals surface area contributed by atoms with Crippen LogP contribution in [0.5, 0.6) is 0 Å². The Hall–Kier alpha value is -3.46. The molecule has 1 amide bonds. The van der Waals surface area contributed by atoms with E-state index < -0.39 is 0 Å². The van der Waals surface area contributed by atoms with Crippen LogP contribution < -0.4 is 5.32 Å². The molecule has 0 unspecified atom stereocenters. The molecule has 3 rings (SSSR count). The molecule has 0 fully saturated rings. The van der Waals surface area contributed by atoms with Crippen molar-refractivity contribution in [1.82, 2.24) is 15.0 Å². The van der Waals surface area contributed by atoms with Crippen molar-refractivity contribution in [3.63, 3.8) is 0 Å². The van der Waals surface area contributed by atoms with Gasteiger partial charge in [0, 0.05) is 5.69 Å². The molecular formula is C17H13N5O. The van der Waals surface area contributed by atoms with E-state index in [9.17, 15) is 4.79 Å². The Labute approximate surface area is 133 Å². The molecule has 112 valence electrons. The van der Waals surface area contributed by atoms with Crippen LogP contribution in [0, 0.1) is 11.3 Å². The van der Waals surface area contributed by atoms with E-state index in [1.54, 1.807) is 24.3 Å².